The number of carbonyl (C=O) groups excluding carboxylic acids is 1. The summed E-state index contributed by atoms with van der Waals surface area (Å²) in [5.41, 5.74) is 0. The van der Waals surface area contributed by atoms with Crippen molar-refractivity contribution in [2.75, 3.05) is 7.05 Å². The maximum atomic E-state index is 11.2. The fourth-order valence-electron chi connectivity index (χ4n) is 1.27. The van der Waals surface area contributed by atoms with Crippen LogP contribution < -0.4 is 0 Å². The number of amides is 1. The molecule has 1 fully saturated rings. The molecule has 1 aliphatic carbocycles. The fourth-order valence-corrected chi connectivity index (χ4v) is 1.27. The topological polar surface area (TPSA) is 59.2 Å². The third-order valence-electron chi connectivity index (χ3n) is 2.34. The highest BCUT2D eigenvalue weighted by Crippen LogP contribution is 2.38. The van der Waals surface area contributed by atoms with Gasteiger partial charge in [0, 0.05) is 13.0 Å². The van der Waals surface area contributed by atoms with Crippen molar-refractivity contribution >= 4 is 5.91 Å². The highest BCUT2D eigenvalue weighted by molar-refractivity contribution is 5.86. The number of carbonyl (C=O) groups is 1. The van der Waals surface area contributed by atoms with Gasteiger partial charge in [0.15, 0.2) is 5.82 Å². The molecule has 0 atom stereocenters. The van der Waals surface area contributed by atoms with Gasteiger partial charge < -0.3 is 9.42 Å². The van der Waals surface area contributed by atoms with Crippen molar-refractivity contribution in [3.8, 4) is 0 Å². The number of hydrogen-bond donors (Lipinski definition) is 0. The summed E-state index contributed by atoms with van der Waals surface area (Å²) >= 11 is 0. The molecule has 1 aromatic heterocycles. The minimum atomic E-state index is -0.146. The molecule has 0 aromatic carbocycles. The Morgan fingerprint density at radius 3 is 3.07 bits per heavy atom. The van der Waals surface area contributed by atoms with E-state index in [-0.39, 0.29) is 5.91 Å². The minimum Gasteiger partial charge on any atom is -0.339 e. The molecule has 15 heavy (non-hydrogen) atoms. The van der Waals surface area contributed by atoms with Crippen LogP contribution in [0, 0.1) is 0 Å². The highest BCUT2D eigenvalue weighted by atomic mass is 16.5. The van der Waals surface area contributed by atoms with Crippen molar-refractivity contribution in [3.05, 3.63) is 24.4 Å². The fraction of sp³-hybridized carbons (Fsp3) is 0.500. The average molecular weight is 207 g/mol. The van der Waals surface area contributed by atoms with Crippen LogP contribution in [0.2, 0.25) is 0 Å². The van der Waals surface area contributed by atoms with Crippen molar-refractivity contribution in [3.63, 3.8) is 0 Å². The van der Waals surface area contributed by atoms with E-state index in [0.29, 0.717) is 24.2 Å². The second-order valence-electron chi connectivity index (χ2n) is 3.72. The first-order valence-electron chi connectivity index (χ1n) is 4.90. The van der Waals surface area contributed by atoms with Gasteiger partial charge in [0.1, 0.15) is 0 Å². The van der Waals surface area contributed by atoms with Crippen LogP contribution in [0.15, 0.2) is 17.2 Å². The van der Waals surface area contributed by atoms with Gasteiger partial charge in [-0.05, 0) is 18.9 Å². The second kappa shape index (κ2) is 3.84. The number of rotatable bonds is 4. The summed E-state index contributed by atoms with van der Waals surface area (Å²) in [6.45, 7) is 3.77. The van der Waals surface area contributed by atoms with E-state index in [1.165, 1.54) is 11.0 Å². The van der Waals surface area contributed by atoms with Crippen molar-refractivity contribution in [2.45, 2.75) is 25.3 Å². The first-order valence-corrected chi connectivity index (χ1v) is 4.90. The van der Waals surface area contributed by atoms with Gasteiger partial charge in [-0.2, -0.15) is 4.98 Å². The zero-order valence-corrected chi connectivity index (χ0v) is 8.64. The predicted molar refractivity (Wildman–Crippen MR) is 52.9 cm³/mol. The lowest BCUT2D eigenvalue weighted by Gasteiger charge is -2.11. The van der Waals surface area contributed by atoms with Crippen LogP contribution in [0.1, 0.15) is 30.5 Å². The summed E-state index contributed by atoms with van der Waals surface area (Å²) in [5.74, 6) is 1.55. The van der Waals surface area contributed by atoms with E-state index in [9.17, 15) is 4.79 Å². The molecule has 0 unspecified atom stereocenters. The Morgan fingerprint density at radius 2 is 2.47 bits per heavy atom. The van der Waals surface area contributed by atoms with Crippen LogP contribution in [0.3, 0.4) is 0 Å². The molecule has 0 N–H and O–H groups in total. The van der Waals surface area contributed by atoms with Gasteiger partial charge in [-0.25, -0.2) is 0 Å². The van der Waals surface area contributed by atoms with Gasteiger partial charge in [-0.15, -0.1) is 0 Å². The maximum Gasteiger partial charge on any atom is 0.246 e. The van der Waals surface area contributed by atoms with Crippen molar-refractivity contribution in [2.24, 2.45) is 0 Å². The van der Waals surface area contributed by atoms with Gasteiger partial charge in [0.2, 0.25) is 11.8 Å². The molecule has 1 amide bonds. The van der Waals surface area contributed by atoms with Crippen LogP contribution in [0.4, 0.5) is 0 Å². The zero-order valence-electron chi connectivity index (χ0n) is 8.64. The van der Waals surface area contributed by atoms with Crippen molar-refractivity contribution in [1.82, 2.24) is 15.0 Å². The lowest BCUT2D eigenvalue weighted by atomic mass is 10.4. The largest absolute Gasteiger partial charge is 0.339 e. The zero-order chi connectivity index (χ0) is 10.8. The van der Waals surface area contributed by atoms with E-state index in [1.807, 2.05) is 0 Å². The Balaban J connectivity index is 1.97. The quantitative estimate of drug-likeness (QED) is 0.693. The molecule has 5 heteroatoms. The molecule has 0 radical (unpaired) electrons. The highest BCUT2D eigenvalue weighted by Gasteiger charge is 2.29. The standard InChI is InChI=1S/C10H13N3O2/c1-3-9(14)13(2)6-8-11-10(15-12-8)7-4-5-7/h3,7H,1,4-6H2,2H3. The van der Waals surface area contributed by atoms with E-state index in [2.05, 4.69) is 16.7 Å². The van der Waals surface area contributed by atoms with Crippen LogP contribution in [-0.4, -0.2) is 28.0 Å². The third-order valence-corrected chi connectivity index (χ3v) is 2.34. The molecular formula is C10H13N3O2. The van der Waals surface area contributed by atoms with E-state index in [1.54, 1.807) is 7.05 Å². The molecule has 0 aliphatic heterocycles. The van der Waals surface area contributed by atoms with Gasteiger partial charge in [0.25, 0.3) is 0 Å². The number of aromatic nitrogens is 2. The summed E-state index contributed by atoms with van der Waals surface area (Å²) in [7, 11) is 1.68. The number of hydrogen-bond acceptors (Lipinski definition) is 4. The lowest BCUT2D eigenvalue weighted by molar-refractivity contribution is -0.125. The molecule has 1 heterocycles. The van der Waals surface area contributed by atoms with Crippen molar-refractivity contribution < 1.29 is 9.32 Å². The summed E-state index contributed by atoms with van der Waals surface area (Å²) in [4.78, 5) is 16.9. The smallest absolute Gasteiger partial charge is 0.246 e. The monoisotopic (exact) mass is 207 g/mol. The molecule has 2 rings (SSSR count). The molecule has 0 bridgehead atoms. The van der Waals surface area contributed by atoms with Crippen molar-refractivity contribution in [1.29, 1.82) is 0 Å². The van der Waals surface area contributed by atoms with E-state index in [4.69, 9.17) is 4.52 Å². The van der Waals surface area contributed by atoms with E-state index in [0.717, 1.165) is 12.8 Å². The molecule has 5 nitrogen and oxygen atoms in total. The summed E-state index contributed by atoms with van der Waals surface area (Å²) < 4.78 is 5.08. The number of nitrogens with zero attached hydrogens (tertiary/aromatic N) is 3. The summed E-state index contributed by atoms with van der Waals surface area (Å²) in [5, 5.41) is 3.82. The Kier molecular flexibility index (Phi) is 2.53. The maximum absolute atomic E-state index is 11.2. The predicted octanol–water partition coefficient (Wildman–Crippen LogP) is 1.09. The van der Waals surface area contributed by atoms with Gasteiger partial charge in [-0.1, -0.05) is 11.7 Å². The van der Waals surface area contributed by atoms with Gasteiger partial charge >= 0.3 is 0 Å². The Hall–Kier alpha value is -1.65. The molecule has 0 saturated heterocycles. The number of likely N-dealkylation sites (N-methyl/N-ethyl adjacent to an activating group) is 1. The molecule has 1 saturated carbocycles. The first-order chi connectivity index (χ1) is 7.20. The third kappa shape index (κ3) is 2.23. The lowest BCUT2D eigenvalue weighted by Crippen LogP contribution is -2.24. The SMILES string of the molecule is C=CC(=O)N(C)Cc1noc(C2CC2)n1. The van der Waals surface area contributed by atoms with E-state index >= 15 is 0 Å². The Morgan fingerprint density at radius 1 is 1.73 bits per heavy atom. The van der Waals surface area contributed by atoms with E-state index < -0.39 is 0 Å². The van der Waals surface area contributed by atoms with Crippen LogP contribution >= 0.6 is 0 Å². The second-order valence-corrected chi connectivity index (χ2v) is 3.72. The summed E-state index contributed by atoms with van der Waals surface area (Å²) in [6, 6.07) is 0. The molecular weight excluding hydrogens is 194 g/mol. The molecule has 80 valence electrons. The molecule has 1 aromatic rings. The average Bonchev–Trinajstić information content (AvgIpc) is 2.99. The van der Waals surface area contributed by atoms with Gasteiger partial charge in [0.05, 0.1) is 6.54 Å². The van der Waals surface area contributed by atoms with Crippen LogP contribution in [-0.2, 0) is 11.3 Å². The molecule has 0 spiro atoms. The van der Waals surface area contributed by atoms with Gasteiger partial charge in [-0.3, -0.25) is 4.79 Å². The Bertz CT molecular complexity index is 382. The minimum absolute atomic E-state index is 0.146. The molecule has 1 aliphatic rings. The Labute approximate surface area is 87.8 Å². The summed E-state index contributed by atoms with van der Waals surface area (Å²) in [6.07, 6.45) is 3.52. The van der Waals surface area contributed by atoms with Crippen LogP contribution in [0.5, 0.6) is 0 Å². The normalized spacial score (nSPS) is 15.0. The van der Waals surface area contributed by atoms with Crippen LogP contribution in [0.25, 0.3) is 0 Å². The first kappa shape index (κ1) is 9.89.